The molecule has 7 fully saturated rings. The molecule has 4 aliphatic heterocycles. The van der Waals surface area contributed by atoms with Crippen molar-refractivity contribution in [2.75, 3.05) is 26.9 Å². The molecule has 0 amide bonds. The lowest BCUT2D eigenvalue weighted by Crippen LogP contribution is -2.64. The van der Waals surface area contributed by atoms with E-state index in [9.17, 15) is 55.5 Å². The molecule has 4 aliphatic carbocycles. The van der Waals surface area contributed by atoms with Crippen LogP contribution in [0.2, 0.25) is 0 Å². The summed E-state index contributed by atoms with van der Waals surface area (Å²) in [6.45, 7) is 16.2. The summed E-state index contributed by atoms with van der Waals surface area (Å²) in [5.41, 5.74) is 0.978. The summed E-state index contributed by atoms with van der Waals surface area (Å²) in [6.07, 6.45) is -15.4. The van der Waals surface area contributed by atoms with Crippen molar-refractivity contribution in [2.24, 2.45) is 46.3 Å². The van der Waals surface area contributed by atoms with Gasteiger partial charge in [0.1, 0.15) is 42.7 Å². The Kier molecular flexibility index (Phi) is 17.9. The molecule has 8 aliphatic rings. The van der Waals surface area contributed by atoms with Gasteiger partial charge < -0.3 is 93.3 Å². The smallest absolute Gasteiger partial charge is 0.335 e. The van der Waals surface area contributed by atoms with Gasteiger partial charge in [0, 0.05) is 38.2 Å². The van der Waals surface area contributed by atoms with Crippen molar-refractivity contribution in [3.63, 3.8) is 0 Å². The number of esters is 2. The van der Waals surface area contributed by atoms with Crippen molar-refractivity contribution >= 4 is 11.9 Å². The molecule has 3 saturated carbocycles. The van der Waals surface area contributed by atoms with Crippen molar-refractivity contribution in [1.29, 1.82) is 0 Å². The van der Waals surface area contributed by atoms with Crippen molar-refractivity contribution in [3.8, 4) is 0 Å². The summed E-state index contributed by atoms with van der Waals surface area (Å²) in [5, 5.41) is 95.3. The van der Waals surface area contributed by atoms with E-state index in [4.69, 9.17) is 47.4 Å². The monoisotopic (exact) mass is 1060 g/mol. The number of rotatable bonds is 17. The number of allylic oxidation sites excluding steroid dienone is 1. The highest BCUT2D eigenvalue weighted by atomic mass is 16.8. The lowest BCUT2D eigenvalue weighted by Gasteiger charge is -2.60. The van der Waals surface area contributed by atoms with Gasteiger partial charge in [-0.15, -0.1) is 0 Å². The summed E-state index contributed by atoms with van der Waals surface area (Å²) >= 11 is 0. The summed E-state index contributed by atoms with van der Waals surface area (Å²) < 4.78 is 62.0. The van der Waals surface area contributed by atoms with Gasteiger partial charge in [-0.2, -0.15) is 0 Å². The van der Waals surface area contributed by atoms with Crippen LogP contribution in [0.4, 0.5) is 0 Å². The minimum atomic E-state index is -1.77. The maximum Gasteiger partial charge on any atom is 0.335 e. The number of ether oxygens (including phenoxy) is 10. The van der Waals surface area contributed by atoms with Crippen LogP contribution in [0.25, 0.3) is 0 Å². The maximum absolute atomic E-state index is 13.3. The van der Waals surface area contributed by atoms with Crippen molar-refractivity contribution in [1.82, 2.24) is 0 Å². The number of aliphatic hydroxyl groups is 9. The van der Waals surface area contributed by atoms with Crippen molar-refractivity contribution in [2.45, 2.75) is 222 Å². The van der Waals surface area contributed by atoms with Crippen LogP contribution in [0.1, 0.15) is 106 Å². The molecule has 0 aromatic carbocycles. The second-order valence-corrected chi connectivity index (χ2v) is 23.2. The van der Waals surface area contributed by atoms with Gasteiger partial charge in [0.2, 0.25) is 0 Å². The molecular formula is C53H84O21. The van der Waals surface area contributed by atoms with Crippen LogP contribution in [-0.2, 0) is 57.0 Å². The van der Waals surface area contributed by atoms with Gasteiger partial charge in [-0.3, -0.25) is 4.79 Å². The number of hydrogen-bond donors (Lipinski definition) is 9. The van der Waals surface area contributed by atoms with Gasteiger partial charge in [-0.1, -0.05) is 64.8 Å². The van der Waals surface area contributed by atoms with E-state index < -0.39 is 140 Å². The summed E-state index contributed by atoms with van der Waals surface area (Å²) in [6, 6.07) is 0. The van der Waals surface area contributed by atoms with Crippen LogP contribution < -0.4 is 0 Å². The lowest BCUT2D eigenvalue weighted by atomic mass is 9.46. The highest BCUT2D eigenvalue weighted by molar-refractivity contribution is 5.75. The number of carbonyl (C=O) groups is 2. The fraction of sp³-hybridized carbons (Fsp3) is 0.887. The number of carbonyl (C=O) groups excluding carboxylic acids is 2. The van der Waals surface area contributed by atoms with Crippen LogP contribution in [0.5, 0.6) is 0 Å². The first-order chi connectivity index (χ1) is 34.9. The molecule has 0 spiro atoms. The molecule has 0 aromatic heterocycles. The minimum absolute atomic E-state index is 0.0120. The van der Waals surface area contributed by atoms with Gasteiger partial charge in [0.05, 0.1) is 44.2 Å². The second-order valence-electron chi connectivity index (χ2n) is 23.2. The van der Waals surface area contributed by atoms with E-state index in [2.05, 4.69) is 33.4 Å². The molecule has 21 heteroatoms. The van der Waals surface area contributed by atoms with Gasteiger partial charge in [0.15, 0.2) is 49.1 Å². The standard InChI is InChI=1S/C53H84O21/c1-10-24(3)38(57)47(64)70-35-22-67-50(46(45(35)69-27(6)55)73-49-44(63)41(60)39(58)26(5)68-49)72-36-18-29(56)17-28-11-12-30-31(52(28,36)8)14-15-51(7)32(30)19-33-37(51)25(4)53(65-9,74-33)16-13-23(2)21-66-48-43(62)42(61)40(59)34(20-54)71-48/h11,24-26,29-46,48-50,54,56-63H,2,10,12-22H2,1,3-9H3. The topological polar surface area (TPSA) is 309 Å². The molecule has 422 valence electrons. The van der Waals surface area contributed by atoms with Gasteiger partial charge >= 0.3 is 11.9 Å². The maximum atomic E-state index is 13.3. The van der Waals surface area contributed by atoms with Crippen LogP contribution in [-0.4, -0.2) is 201 Å². The van der Waals surface area contributed by atoms with E-state index in [1.165, 1.54) is 13.8 Å². The summed E-state index contributed by atoms with van der Waals surface area (Å²) in [5.74, 6) is -2.41. The van der Waals surface area contributed by atoms with E-state index in [1.54, 1.807) is 14.0 Å². The number of aliphatic hydroxyl groups excluding tert-OH is 9. The molecule has 4 saturated heterocycles. The Hall–Kier alpha value is -2.26. The second kappa shape index (κ2) is 22.8. The molecule has 27 unspecified atom stereocenters. The van der Waals surface area contributed by atoms with E-state index >= 15 is 0 Å². The first-order valence-electron chi connectivity index (χ1n) is 26.8. The van der Waals surface area contributed by atoms with Crippen LogP contribution in [0.15, 0.2) is 23.8 Å². The molecule has 27 atom stereocenters. The molecule has 4 heterocycles. The van der Waals surface area contributed by atoms with E-state index in [1.807, 2.05) is 6.92 Å². The van der Waals surface area contributed by atoms with Gasteiger partial charge in [-0.25, -0.2) is 4.79 Å². The predicted molar refractivity (Wildman–Crippen MR) is 257 cm³/mol. The Balaban J connectivity index is 0.999. The molecule has 0 radical (unpaired) electrons. The Morgan fingerprint density at radius 2 is 1.59 bits per heavy atom. The SMILES string of the molecule is C=C(CCC1(OC)OC2CC3C4CC=C5CC(O)CC(OC6OCC(OC(=O)C(O)C(C)CC)C(OC(C)=O)C6OC6OC(C)C(O)C(O)C6O)C5(C)C4CCC3(C)C2C1C)COC1OC(CO)C(O)C(O)C1O. The third-order valence-corrected chi connectivity index (χ3v) is 19.1. The number of methoxy groups -OCH3 is 1. The molecular weight excluding hydrogens is 973 g/mol. The highest BCUT2D eigenvalue weighted by Gasteiger charge is 2.69. The molecule has 74 heavy (non-hydrogen) atoms. The van der Waals surface area contributed by atoms with Crippen molar-refractivity contribution < 1.29 is 103 Å². The predicted octanol–water partition coefficient (Wildman–Crippen LogP) is 0.881. The lowest BCUT2D eigenvalue weighted by molar-refractivity contribution is -0.363. The summed E-state index contributed by atoms with van der Waals surface area (Å²) in [7, 11) is 1.66. The fourth-order valence-electron chi connectivity index (χ4n) is 14.6. The van der Waals surface area contributed by atoms with Crippen LogP contribution >= 0.6 is 0 Å². The first-order valence-corrected chi connectivity index (χ1v) is 26.8. The third kappa shape index (κ3) is 10.5. The molecule has 0 bridgehead atoms. The molecule has 21 nitrogen and oxygen atoms in total. The Morgan fingerprint density at radius 3 is 2.27 bits per heavy atom. The van der Waals surface area contributed by atoms with Gasteiger partial charge in [-0.05, 0) is 80.5 Å². The highest BCUT2D eigenvalue weighted by Crippen LogP contribution is 2.70. The van der Waals surface area contributed by atoms with Crippen LogP contribution in [0.3, 0.4) is 0 Å². The largest absolute Gasteiger partial charge is 0.455 e. The zero-order valence-electron chi connectivity index (χ0n) is 44.1. The Bertz CT molecular complexity index is 2010. The normalized spacial score (nSPS) is 48.8. The quantitative estimate of drug-likeness (QED) is 0.0722. The number of hydrogen-bond acceptors (Lipinski definition) is 21. The van der Waals surface area contributed by atoms with E-state index in [0.29, 0.717) is 31.3 Å². The Morgan fingerprint density at radius 1 is 0.892 bits per heavy atom. The summed E-state index contributed by atoms with van der Waals surface area (Å²) in [4.78, 5) is 26.2. The molecule has 9 N–H and O–H groups in total. The molecule has 8 rings (SSSR count). The van der Waals surface area contributed by atoms with Crippen molar-refractivity contribution in [3.05, 3.63) is 23.8 Å². The zero-order valence-corrected chi connectivity index (χ0v) is 44.1. The molecule has 0 aromatic rings. The average molecular weight is 1060 g/mol. The van der Waals surface area contributed by atoms with E-state index in [0.717, 1.165) is 31.3 Å². The zero-order chi connectivity index (χ0) is 53.9. The van der Waals surface area contributed by atoms with E-state index in [-0.39, 0.29) is 60.7 Å². The van der Waals surface area contributed by atoms with Gasteiger partial charge in [0.25, 0.3) is 0 Å². The van der Waals surface area contributed by atoms with Crippen LogP contribution in [0, 0.1) is 46.3 Å². The fourth-order valence-corrected chi connectivity index (χ4v) is 14.6. The minimum Gasteiger partial charge on any atom is -0.455 e. The average Bonchev–Trinajstić information content (AvgIpc) is 3.83. The third-order valence-electron chi connectivity index (χ3n) is 19.1. The number of fused-ring (bicyclic) bond motifs is 7. The Labute approximate surface area is 433 Å². The first kappa shape index (κ1) is 57.9.